The smallest absolute Gasteiger partial charge is 0.254 e. The topological polar surface area (TPSA) is 55.6 Å². The van der Waals surface area contributed by atoms with Crippen molar-refractivity contribution in [3.63, 3.8) is 0 Å². The van der Waals surface area contributed by atoms with Crippen LogP contribution in [0.3, 0.4) is 0 Å². The zero-order chi connectivity index (χ0) is 13.1. The quantitative estimate of drug-likeness (QED) is 0.812. The highest BCUT2D eigenvalue weighted by molar-refractivity contribution is 5.97. The fourth-order valence-corrected chi connectivity index (χ4v) is 2.21. The predicted molar refractivity (Wildman–Crippen MR) is 71.5 cm³/mol. The van der Waals surface area contributed by atoms with Gasteiger partial charge in [-0.25, -0.2) is 0 Å². The molecule has 2 rings (SSSR count). The Hall–Kier alpha value is -1.55. The number of morpholine rings is 1. The molecule has 0 aliphatic carbocycles. The van der Waals surface area contributed by atoms with Crippen molar-refractivity contribution in [1.29, 1.82) is 0 Å². The molecule has 1 amide bonds. The van der Waals surface area contributed by atoms with Crippen molar-refractivity contribution in [2.45, 2.75) is 26.4 Å². The Bertz CT molecular complexity index is 445. The molecule has 2 N–H and O–H groups in total. The number of nitrogen functional groups attached to an aromatic ring is 1. The molecular formula is C14H20N2O2. The van der Waals surface area contributed by atoms with Crippen molar-refractivity contribution in [3.8, 4) is 0 Å². The number of anilines is 1. The van der Waals surface area contributed by atoms with E-state index in [-0.39, 0.29) is 12.0 Å². The number of amides is 1. The second-order valence-corrected chi connectivity index (χ2v) is 4.67. The summed E-state index contributed by atoms with van der Waals surface area (Å²) in [5, 5.41) is 0. The first-order chi connectivity index (χ1) is 8.63. The van der Waals surface area contributed by atoms with Crippen molar-refractivity contribution in [1.82, 2.24) is 4.90 Å². The molecule has 4 heteroatoms. The van der Waals surface area contributed by atoms with E-state index in [9.17, 15) is 4.79 Å². The predicted octanol–water partition coefficient (Wildman–Crippen LogP) is 1.83. The summed E-state index contributed by atoms with van der Waals surface area (Å²) in [5.74, 6) is 0.0570. The van der Waals surface area contributed by atoms with Crippen LogP contribution in [0.15, 0.2) is 18.2 Å². The first-order valence-corrected chi connectivity index (χ1v) is 6.39. The van der Waals surface area contributed by atoms with Crippen LogP contribution in [0.5, 0.6) is 0 Å². The standard InChI is InChI=1S/C14H20N2O2/c1-3-11-9-16(7-8-18-11)14(17)12-5-4-6-13(15)10(12)2/h4-6,11H,3,7-9,15H2,1-2H3. The summed E-state index contributed by atoms with van der Waals surface area (Å²) in [6.45, 7) is 5.91. The highest BCUT2D eigenvalue weighted by Crippen LogP contribution is 2.19. The van der Waals surface area contributed by atoms with Gasteiger partial charge in [-0.2, -0.15) is 0 Å². The molecular weight excluding hydrogens is 228 g/mol. The number of carbonyl (C=O) groups is 1. The highest BCUT2D eigenvalue weighted by Gasteiger charge is 2.25. The number of carbonyl (C=O) groups excluding carboxylic acids is 1. The maximum absolute atomic E-state index is 12.4. The van der Waals surface area contributed by atoms with Crippen molar-refractivity contribution in [3.05, 3.63) is 29.3 Å². The lowest BCUT2D eigenvalue weighted by Gasteiger charge is -2.33. The van der Waals surface area contributed by atoms with Gasteiger partial charge in [0.1, 0.15) is 0 Å². The maximum Gasteiger partial charge on any atom is 0.254 e. The molecule has 1 aromatic rings. The Balaban J connectivity index is 2.18. The third-order valence-electron chi connectivity index (χ3n) is 3.49. The average Bonchev–Trinajstić information content (AvgIpc) is 2.41. The van der Waals surface area contributed by atoms with Crippen molar-refractivity contribution in [2.75, 3.05) is 25.4 Å². The molecule has 98 valence electrons. The van der Waals surface area contributed by atoms with E-state index in [0.717, 1.165) is 12.0 Å². The first kappa shape index (κ1) is 12.9. The van der Waals surface area contributed by atoms with E-state index in [2.05, 4.69) is 6.92 Å². The zero-order valence-corrected chi connectivity index (χ0v) is 11.0. The summed E-state index contributed by atoms with van der Waals surface area (Å²) in [6, 6.07) is 5.48. The molecule has 0 saturated carbocycles. The minimum absolute atomic E-state index is 0.0570. The molecule has 1 atom stereocenters. The van der Waals surface area contributed by atoms with E-state index in [1.807, 2.05) is 30.0 Å². The Morgan fingerprint density at radius 3 is 3.06 bits per heavy atom. The van der Waals surface area contributed by atoms with Gasteiger partial charge in [-0.1, -0.05) is 13.0 Å². The number of hydrogen-bond donors (Lipinski definition) is 1. The molecule has 1 aliphatic rings. The van der Waals surface area contributed by atoms with Gasteiger partial charge in [0.25, 0.3) is 5.91 Å². The van der Waals surface area contributed by atoms with Gasteiger partial charge in [0, 0.05) is 24.3 Å². The highest BCUT2D eigenvalue weighted by atomic mass is 16.5. The van der Waals surface area contributed by atoms with Gasteiger partial charge in [-0.05, 0) is 31.0 Å². The van der Waals surface area contributed by atoms with E-state index in [1.165, 1.54) is 0 Å². The lowest BCUT2D eigenvalue weighted by atomic mass is 10.1. The summed E-state index contributed by atoms with van der Waals surface area (Å²) in [5.41, 5.74) is 8.08. The van der Waals surface area contributed by atoms with Crippen LogP contribution in [-0.4, -0.2) is 36.6 Å². The molecule has 0 bridgehead atoms. The number of nitrogens with two attached hydrogens (primary N) is 1. The molecule has 4 nitrogen and oxygen atoms in total. The monoisotopic (exact) mass is 248 g/mol. The van der Waals surface area contributed by atoms with E-state index >= 15 is 0 Å². The van der Waals surface area contributed by atoms with Crippen molar-refractivity contribution in [2.24, 2.45) is 0 Å². The number of benzene rings is 1. The normalized spacial score (nSPS) is 19.9. The lowest BCUT2D eigenvalue weighted by molar-refractivity contribution is -0.0226. The summed E-state index contributed by atoms with van der Waals surface area (Å²) in [4.78, 5) is 14.3. The van der Waals surface area contributed by atoms with Crippen LogP contribution in [0.1, 0.15) is 29.3 Å². The van der Waals surface area contributed by atoms with Crippen molar-refractivity contribution >= 4 is 11.6 Å². The summed E-state index contributed by atoms with van der Waals surface area (Å²) >= 11 is 0. The van der Waals surface area contributed by atoms with Gasteiger partial charge in [0.2, 0.25) is 0 Å². The Morgan fingerprint density at radius 1 is 1.56 bits per heavy atom. The third-order valence-corrected chi connectivity index (χ3v) is 3.49. The molecule has 1 aliphatic heterocycles. The molecule has 1 saturated heterocycles. The molecule has 0 aromatic heterocycles. The first-order valence-electron chi connectivity index (χ1n) is 6.39. The van der Waals surface area contributed by atoms with E-state index in [4.69, 9.17) is 10.5 Å². The molecule has 0 radical (unpaired) electrons. The van der Waals surface area contributed by atoms with Crippen LogP contribution in [0.4, 0.5) is 5.69 Å². The van der Waals surface area contributed by atoms with E-state index in [0.29, 0.717) is 30.9 Å². The van der Waals surface area contributed by atoms with Gasteiger partial charge in [-0.3, -0.25) is 4.79 Å². The maximum atomic E-state index is 12.4. The molecule has 1 aromatic carbocycles. The largest absolute Gasteiger partial charge is 0.398 e. The zero-order valence-electron chi connectivity index (χ0n) is 11.0. The van der Waals surface area contributed by atoms with E-state index in [1.54, 1.807) is 0 Å². The minimum Gasteiger partial charge on any atom is -0.398 e. The van der Waals surface area contributed by atoms with E-state index < -0.39 is 0 Å². The van der Waals surface area contributed by atoms with Crippen LogP contribution in [0.25, 0.3) is 0 Å². The van der Waals surface area contributed by atoms with Crippen LogP contribution < -0.4 is 5.73 Å². The SMILES string of the molecule is CCC1CN(C(=O)c2cccc(N)c2C)CCO1. The second kappa shape index (κ2) is 5.40. The minimum atomic E-state index is 0.0570. The number of hydrogen-bond acceptors (Lipinski definition) is 3. The van der Waals surface area contributed by atoms with Gasteiger partial charge in [0.15, 0.2) is 0 Å². The number of rotatable bonds is 2. The van der Waals surface area contributed by atoms with Crippen LogP contribution >= 0.6 is 0 Å². The van der Waals surface area contributed by atoms with Gasteiger partial charge in [-0.15, -0.1) is 0 Å². The average molecular weight is 248 g/mol. The summed E-state index contributed by atoms with van der Waals surface area (Å²) < 4.78 is 5.58. The molecule has 18 heavy (non-hydrogen) atoms. The number of ether oxygens (including phenoxy) is 1. The Labute approximate surface area is 108 Å². The van der Waals surface area contributed by atoms with Crippen molar-refractivity contribution < 1.29 is 9.53 Å². The van der Waals surface area contributed by atoms with Gasteiger partial charge >= 0.3 is 0 Å². The molecule has 1 unspecified atom stereocenters. The Morgan fingerprint density at radius 2 is 2.33 bits per heavy atom. The molecule has 1 heterocycles. The van der Waals surface area contributed by atoms with Crippen LogP contribution in [-0.2, 0) is 4.74 Å². The number of nitrogens with zero attached hydrogens (tertiary/aromatic N) is 1. The van der Waals surface area contributed by atoms with Crippen LogP contribution in [0.2, 0.25) is 0 Å². The Kier molecular flexibility index (Phi) is 3.87. The third kappa shape index (κ3) is 2.48. The van der Waals surface area contributed by atoms with Gasteiger partial charge in [0.05, 0.1) is 12.7 Å². The molecule has 1 fully saturated rings. The second-order valence-electron chi connectivity index (χ2n) is 4.67. The van der Waals surface area contributed by atoms with Gasteiger partial charge < -0.3 is 15.4 Å². The van der Waals surface area contributed by atoms with Crippen LogP contribution in [0, 0.1) is 6.92 Å². The lowest BCUT2D eigenvalue weighted by Crippen LogP contribution is -2.45. The fourth-order valence-electron chi connectivity index (χ4n) is 2.21. The molecule has 0 spiro atoms. The summed E-state index contributed by atoms with van der Waals surface area (Å²) in [6.07, 6.45) is 1.09. The summed E-state index contributed by atoms with van der Waals surface area (Å²) in [7, 11) is 0. The fraction of sp³-hybridized carbons (Fsp3) is 0.500.